The first-order valence-electron chi connectivity index (χ1n) is 4.77. The van der Waals surface area contributed by atoms with E-state index in [2.05, 4.69) is 20.8 Å². The van der Waals surface area contributed by atoms with Crippen molar-refractivity contribution < 1.29 is 8.78 Å². The molecule has 1 rings (SSSR count). The summed E-state index contributed by atoms with van der Waals surface area (Å²) in [7, 11) is 0. The topological polar surface area (TPSA) is 0 Å². The minimum Gasteiger partial charge on any atom is -0.210 e. The van der Waals surface area contributed by atoms with Gasteiger partial charge in [-0.25, -0.2) is 8.78 Å². The number of benzene rings is 1. The van der Waals surface area contributed by atoms with Crippen LogP contribution in [0.5, 0.6) is 0 Å². The molecule has 0 fully saturated rings. The lowest BCUT2D eigenvalue weighted by molar-refractivity contribution is 0.149. The fourth-order valence-electron chi connectivity index (χ4n) is 1.32. The van der Waals surface area contributed by atoms with Gasteiger partial charge in [-0.3, -0.25) is 0 Å². The van der Waals surface area contributed by atoms with Crippen LogP contribution in [0, 0.1) is 0 Å². The van der Waals surface area contributed by atoms with E-state index in [1.54, 1.807) is 12.1 Å². The van der Waals surface area contributed by atoms with Gasteiger partial charge < -0.3 is 0 Å². The van der Waals surface area contributed by atoms with Crippen molar-refractivity contribution in [3.8, 4) is 0 Å². The van der Waals surface area contributed by atoms with Gasteiger partial charge in [0.25, 0.3) is 0 Å². The monoisotopic (exact) mass is 198 g/mol. The Labute approximate surface area is 84.0 Å². The highest BCUT2D eigenvalue weighted by molar-refractivity contribution is 5.27. The molecule has 0 saturated carbocycles. The lowest BCUT2D eigenvalue weighted by Crippen LogP contribution is -2.10. The number of alkyl halides is 2. The predicted octanol–water partition coefficient (Wildman–Crippen LogP) is 3.79. The summed E-state index contributed by atoms with van der Waals surface area (Å²) in [5.74, 6) is 0. The van der Waals surface area contributed by atoms with Crippen LogP contribution >= 0.6 is 0 Å². The molecule has 0 aromatic heterocycles. The largest absolute Gasteiger partial charge is 0.242 e. The van der Waals surface area contributed by atoms with Crippen LogP contribution in [0.2, 0.25) is 0 Å². The van der Waals surface area contributed by atoms with Crippen molar-refractivity contribution in [2.75, 3.05) is 0 Å². The van der Waals surface area contributed by atoms with Crippen LogP contribution in [0.3, 0.4) is 0 Å². The van der Waals surface area contributed by atoms with Crippen molar-refractivity contribution in [3.63, 3.8) is 0 Å². The minimum atomic E-state index is -2.25. The molecular formula is C12H16F2. The van der Waals surface area contributed by atoms with Crippen molar-refractivity contribution in [1.29, 1.82) is 0 Å². The van der Waals surface area contributed by atoms with Gasteiger partial charge in [0, 0.05) is 6.42 Å². The molecule has 0 aliphatic rings. The van der Waals surface area contributed by atoms with Gasteiger partial charge in [-0.15, -0.1) is 0 Å². The molecule has 1 aromatic rings. The summed E-state index contributed by atoms with van der Waals surface area (Å²) in [6, 6.07) is 7.43. The zero-order valence-electron chi connectivity index (χ0n) is 8.85. The van der Waals surface area contributed by atoms with Crippen molar-refractivity contribution in [1.82, 2.24) is 0 Å². The summed E-state index contributed by atoms with van der Waals surface area (Å²) < 4.78 is 24.1. The molecule has 0 nitrogen and oxygen atoms in total. The molecular weight excluding hydrogens is 182 g/mol. The van der Waals surface area contributed by atoms with Gasteiger partial charge in [0.15, 0.2) is 0 Å². The highest BCUT2D eigenvalue weighted by Crippen LogP contribution is 2.22. The Morgan fingerprint density at radius 2 is 1.57 bits per heavy atom. The Morgan fingerprint density at radius 3 is 1.93 bits per heavy atom. The Hall–Kier alpha value is -0.920. The van der Waals surface area contributed by atoms with E-state index in [1.165, 1.54) is 5.56 Å². The van der Waals surface area contributed by atoms with Gasteiger partial charge in [-0.05, 0) is 16.5 Å². The molecule has 0 aliphatic heterocycles. The Morgan fingerprint density at radius 1 is 1.07 bits per heavy atom. The first-order chi connectivity index (χ1) is 6.39. The molecule has 14 heavy (non-hydrogen) atoms. The molecule has 0 spiro atoms. The van der Waals surface area contributed by atoms with E-state index in [1.807, 2.05) is 12.1 Å². The highest BCUT2D eigenvalue weighted by Gasteiger charge is 2.13. The van der Waals surface area contributed by atoms with E-state index in [0.717, 1.165) is 0 Å². The molecule has 0 heterocycles. The third-order valence-electron chi connectivity index (χ3n) is 2.21. The number of hydrogen-bond donors (Lipinski definition) is 0. The van der Waals surface area contributed by atoms with Crippen molar-refractivity contribution in [2.24, 2.45) is 0 Å². The molecule has 78 valence electrons. The van der Waals surface area contributed by atoms with E-state index in [-0.39, 0.29) is 11.8 Å². The summed E-state index contributed by atoms with van der Waals surface area (Å²) in [5, 5.41) is 0. The summed E-state index contributed by atoms with van der Waals surface area (Å²) in [4.78, 5) is 0. The molecule has 0 atom stereocenters. The third kappa shape index (κ3) is 3.09. The van der Waals surface area contributed by atoms with Gasteiger partial charge in [0.2, 0.25) is 6.43 Å². The average molecular weight is 198 g/mol. The zero-order valence-corrected chi connectivity index (χ0v) is 8.85. The third-order valence-corrected chi connectivity index (χ3v) is 2.21. The molecule has 0 bridgehead atoms. The average Bonchev–Trinajstić information content (AvgIpc) is 2.02. The minimum absolute atomic E-state index is 0.0867. The molecule has 1 aromatic carbocycles. The van der Waals surface area contributed by atoms with Crippen LogP contribution in [-0.4, -0.2) is 6.43 Å². The SMILES string of the molecule is CC(C)(C)c1ccc(CC(F)F)cc1. The fraction of sp³-hybridized carbons (Fsp3) is 0.500. The molecule has 0 radical (unpaired) electrons. The van der Waals surface area contributed by atoms with Crippen molar-refractivity contribution in [3.05, 3.63) is 35.4 Å². The van der Waals surface area contributed by atoms with Gasteiger partial charge in [0.05, 0.1) is 0 Å². The summed E-state index contributed by atoms with van der Waals surface area (Å²) in [6.45, 7) is 6.32. The van der Waals surface area contributed by atoms with Gasteiger partial charge in [0.1, 0.15) is 0 Å². The number of halogens is 2. The fourth-order valence-corrected chi connectivity index (χ4v) is 1.32. The Kier molecular flexibility index (Phi) is 3.25. The van der Waals surface area contributed by atoms with Gasteiger partial charge in [-0.2, -0.15) is 0 Å². The molecule has 0 aliphatic carbocycles. The zero-order chi connectivity index (χ0) is 10.8. The van der Waals surface area contributed by atoms with Crippen LogP contribution < -0.4 is 0 Å². The molecule has 2 heteroatoms. The van der Waals surface area contributed by atoms with Gasteiger partial charge in [-0.1, -0.05) is 45.0 Å². The summed E-state index contributed by atoms with van der Waals surface area (Å²) >= 11 is 0. The smallest absolute Gasteiger partial charge is 0.210 e. The van der Waals surface area contributed by atoms with Crippen molar-refractivity contribution >= 4 is 0 Å². The Bertz CT molecular complexity index is 280. The second kappa shape index (κ2) is 4.07. The lowest BCUT2D eigenvalue weighted by atomic mass is 9.86. The second-order valence-electron chi connectivity index (χ2n) is 4.54. The normalized spacial score (nSPS) is 12.1. The number of rotatable bonds is 2. The maximum Gasteiger partial charge on any atom is 0.242 e. The summed E-state index contributed by atoms with van der Waals surface area (Å²) in [5.41, 5.74) is 1.96. The molecule has 0 unspecified atom stereocenters. The second-order valence-corrected chi connectivity index (χ2v) is 4.54. The number of hydrogen-bond acceptors (Lipinski definition) is 0. The van der Waals surface area contributed by atoms with Crippen LogP contribution in [0.15, 0.2) is 24.3 Å². The van der Waals surface area contributed by atoms with E-state index in [4.69, 9.17) is 0 Å². The standard InChI is InChI=1S/C12H16F2/c1-12(2,3)10-6-4-9(5-7-10)8-11(13)14/h4-7,11H,8H2,1-3H3. The molecule has 0 N–H and O–H groups in total. The first-order valence-corrected chi connectivity index (χ1v) is 4.77. The molecule has 0 amide bonds. The predicted molar refractivity (Wildman–Crippen MR) is 54.9 cm³/mol. The van der Waals surface area contributed by atoms with E-state index in [0.29, 0.717) is 5.56 Å². The first kappa shape index (κ1) is 11.2. The van der Waals surface area contributed by atoms with Crippen LogP contribution in [-0.2, 0) is 11.8 Å². The Balaban J connectivity index is 2.79. The maximum absolute atomic E-state index is 12.1. The lowest BCUT2D eigenvalue weighted by Gasteiger charge is -2.19. The van der Waals surface area contributed by atoms with E-state index in [9.17, 15) is 8.78 Å². The van der Waals surface area contributed by atoms with E-state index >= 15 is 0 Å². The summed E-state index contributed by atoms with van der Waals surface area (Å²) in [6.07, 6.45) is -2.40. The van der Waals surface area contributed by atoms with Crippen molar-refractivity contribution in [2.45, 2.75) is 39.0 Å². The quantitative estimate of drug-likeness (QED) is 0.678. The van der Waals surface area contributed by atoms with Crippen LogP contribution in [0.1, 0.15) is 31.9 Å². The van der Waals surface area contributed by atoms with Crippen LogP contribution in [0.25, 0.3) is 0 Å². The highest BCUT2D eigenvalue weighted by atomic mass is 19.3. The van der Waals surface area contributed by atoms with Gasteiger partial charge >= 0.3 is 0 Å². The maximum atomic E-state index is 12.1. The van der Waals surface area contributed by atoms with E-state index < -0.39 is 6.43 Å². The van der Waals surface area contributed by atoms with Crippen LogP contribution in [0.4, 0.5) is 8.78 Å². The molecule has 0 saturated heterocycles.